The number of ether oxygens (including phenoxy) is 1. The van der Waals surface area contributed by atoms with Gasteiger partial charge in [-0.2, -0.15) is 0 Å². The normalized spacial score (nSPS) is 14.4. The first-order valence-electron chi connectivity index (χ1n) is 10.2. The molecule has 154 valence electrons. The van der Waals surface area contributed by atoms with E-state index in [9.17, 15) is 4.79 Å². The maximum absolute atomic E-state index is 12.9. The van der Waals surface area contributed by atoms with Gasteiger partial charge in [0.25, 0.3) is 5.91 Å². The highest BCUT2D eigenvalue weighted by Crippen LogP contribution is 2.24. The Balaban J connectivity index is 1.46. The molecule has 0 unspecified atom stereocenters. The van der Waals surface area contributed by atoms with Gasteiger partial charge in [-0.05, 0) is 42.9 Å². The molecule has 0 saturated carbocycles. The molecule has 0 radical (unpaired) electrons. The summed E-state index contributed by atoms with van der Waals surface area (Å²) in [7, 11) is 2.15. The van der Waals surface area contributed by atoms with Gasteiger partial charge in [0.15, 0.2) is 0 Å². The maximum atomic E-state index is 12.9. The number of hydrogen-bond acceptors (Lipinski definition) is 5. The molecule has 1 aliphatic heterocycles. The second kappa shape index (κ2) is 9.41. The van der Waals surface area contributed by atoms with Crippen molar-refractivity contribution in [3.8, 4) is 11.6 Å². The van der Waals surface area contributed by atoms with Gasteiger partial charge in [-0.1, -0.05) is 36.4 Å². The number of likely N-dealkylation sites (N-methyl/N-ethyl adjacent to an activating group) is 1. The van der Waals surface area contributed by atoms with Gasteiger partial charge >= 0.3 is 0 Å². The van der Waals surface area contributed by atoms with Crippen LogP contribution >= 0.6 is 0 Å². The van der Waals surface area contributed by atoms with E-state index >= 15 is 0 Å². The number of amides is 1. The van der Waals surface area contributed by atoms with Crippen LogP contribution in [0.1, 0.15) is 15.9 Å². The third-order valence-corrected chi connectivity index (χ3v) is 5.25. The SMILES string of the molecule is CN1CCN(c2ccccc2CNC(=O)c2cccnc2Oc2ccccc2)CC1. The molecule has 0 aliphatic carbocycles. The van der Waals surface area contributed by atoms with E-state index in [4.69, 9.17) is 4.74 Å². The molecule has 0 bridgehead atoms. The Labute approximate surface area is 177 Å². The number of nitrogens with one attached hydrogen (secondary N) is 1. The van der Waals surface area contributed by atoms with Gasteiger partial charge in [0.05, 0.1) is 0 Å². The van der Waals surface area contributed by atoms with E-state index in [0.717, 1.165) is 31.7 Å². The predicted octanol–water partition coefficient (Wildman–Crippen LogP) is 3.56. The molecule has 2 aromatic carbocycles. The van der Waals surface area contributed by atoms with Gasteiger partial charge in [0.1, 0.15) is 11.3 Å². The number of piperazine rings is 1. The second-order valence-corrected chi connectivity index (χ2v) is 7.37. The number of pyridine rings is 1. The van der Waals surface area contributed by atoms with Crippen molar-refractivity contribution in [2.45, 2.75) is 6.54 Å². The van der Waals surface area contributed by atoms with Crippen molar-refractivity contribution in [2.24, 2.45) is 0 Å². The van der Waals surface area contributed by atoms with E-state index in [1.165, 1.54) is 5.69 Å². The van der Waals surface area contributed by atoms with Crippen LogP contribution in [0.3, 0.4) is 0 Å². The maximum Gasteiger partial charge on any atom is 0.257 e. The molecule has 1 N–H and O–H groups in total. The summed E-state index contributed by atoms with van der Waals surface area (Å²) in [6, 6.07) is 21.1. The van der Waals surface area contributed by atoms with Gasteiger partial charge in [-0.25, -0.2) is 4.98 Å². The Hall–Kier alpha value is -3.38. The van der Waals surface area contributed by atoms with E-state index in [0.29, 0.717) is 23.7 Å². The van der Waals surface area contributed by atoms with Gasteiger partial charge in [-0.15, -0.1) is 0 Å². The first-order chi connectivity index (χ1) is 14.7. The number of para-hydroxylation sites is 2. The van der Waals surface area contributed by atoms with Crippen molar-refractivity contribution >= 4 is 11.6 Å². The van der Waals surface area contributed by atoms with Crippen LogP contribution < -0.4 is 15.0 Å². The van der Waals surface area contributed by atoms with Crippen LogP contribution in [0, 0.1) is 0 Å². The van der Waals surface area contributed by atoms with Crippen LogP contribution in [0.25, 0.3) is 0 Å². The predicted molar refractivity (Wildman–Crippen MR) is 118 cm³/mol. The third kappa shape index (κ3) is 4.78. The molecule has 6 heteroatoms. The van der Waals surface area contributed by atoms with E-state index in [1.54, 1.807) is 18.3 Å². The zero-order valence-corrected chi connectivity index (χ0v) is 17.1. The Morgan fingerprint density at radius 1 is 0.967 bits per heavy atom. The fraction of sp³-hybridized carbons (Fsp3) is 0.250. The monoisotopic (exact) mass is 402 g/mol. The molecule has 1 fully saturated rings. The molecular formula is C24H26N4O2. The number of rotatable bonds is 6. The Morgan fingerprint density at radius 2 is 1.70 bits per heavy atom. The first kappa shape index (κ1) is 19.9. The third-order valence-electron chi connectivity index (χ3n) is 5.25. The highest BCUT2D eigenvalue weighted by molar-refractivity contribution is 5.96. The number of carbonyl (C=O) groups excluding carboxylic acids is 1. The minimum Gasteiger partial charge on any atom is -0.438 e. The Bertz CT molecular complexity index is 985. The fourth-order valence-electron chi connectivity index (χ4n) is 3.53. The van der Waals surface area contributed by atoms with Crippen molar-refractivity contribution in [2.75, 3.05) is 38.1 Å². The molecule has 1 amide bonds. The summed E-state index contributed by atoms with van der Waals surface area (Å²) in [6.45, 7) is 4.49. The summed E-state index contributed by atoms with van der Waals surface area (Å²) in [5.74, 6) is 0.737. The second-order valence-electron chi connectivity index (χ2n) is 7.37. The topological polar surface area (TPSA) is 57.7 Å². The smallest absolute Gasteiger partial charge is 0.257 e. The van der Waals surface area contributed by atoms with Crippen LogP contribution in [0.2, 0.25) is 0 Å². The van der Waals surface area contributed by atoms with E-state index < -0.39 is 0 Å². The average Bonchev–Trinajstić information content (AvgIpc) is 2.79. The number of anilines is 1. The largest absolute Gasteiger partial charge is 0.438 e. The number of benzene rings is 2. The Kier molecular flexibility index (Phi) is 6.25. The molecule has 0 spiro atoms. The van der Waals surface area contributed by atoms with Crippen LogP contribution in [-0.4, -0.2) is 49.0 Å². The Morgan fingerprint density at radius 3 is 2.50 bits per heavy atom. The number of aromatic nitrogens is 1. The van der Waals surface area contributed by atoms with Gasteiger partial charge < -0.3 is 19.9 Å². The molecule has 2 heterocycles. The average molecular weight is 402 g/mol. The fourth-order valence-corrected chi connectivity index (χ4v) is 3.53. The zero-order valence-electron chi connectivity index (χ0n) is 17.1. The summed E-state index contributed by atoms with van der Waals surface area (Å²) in [5, 5.41) is 3.03. The summed E-state index contributed by atoms with van der Waals surface area (Å²) in [5.41, 5.74) is 2.70. The van der Waals surface area contributed by atoms with Crippen molar-refractivity contribution < 1.29 is 9.53 Å². The van der Waals surface area contributed by atoms with Gasteiger partial charge in [0, 0.05) is 44.6 Å². The summed E-state index contributed by atoms with van der Waals surface area (Å²) in [4.78, 5) is 21.9. The standard InChI is InChI=1S/C24H26N4O2/c1-27-14-16-28(17-15-27)22-12-6-5-8-19(22)18-26-23(29)21-11-7-13-25-24(21)30-20-9-3-2-4-10-20/h2-13H,14-18H2,1H3,(H,26,29). The van der Waals surface area contributed by atoms with Crippen molar-refractivity contribution in [1.29, 1.82) is 0 Å². The molecule has 3 aromatic rings. The number of nitrogens with zero attached hydrogens (tertiary/aromatic N) is 3. The van der Waals surface area contributed by atoms with Crippen molar-refractivity contribution in [1.82, 2.24) is 15.2 Å². The van der Waals surface area contributed by atoms with Crippen molar-refractivity contribution in [3.63, 3.8) is 0 Å². The lowest BCUT2D eigenvalue weighted by molar-refractivity contribution is 0.0948. The molecular weight excluding hydrogens is 376 g/mol. The molecule has 6 nitrogen and oxygen atoms in total. The number of hydrogen-bond donors (Lipinski definition) is 1. The van der Waals surface area contributed by atoms with Gasteiger partial charge in [0.2, 0.25) is 5.88 Å². The lowest BCUT2D eigenvalue weighted by atomic mass is 10.1. The van der Waals surface area contributed by atoms with Gasteiger partial charge in [-0.3, -0.25) is 4.79 Å². The first-order valence-corrected chi connectivity index (χ1v) is 10.2. The lowest BCUT2D eigenvalue weighted by Gasteiger charge is -2.35. The summed E-state index contributed by atoms with van der Waals surface area (Å²) >= 11 is 0. The highest BCUT2D eigenvalue weighted by atomic mass is 16.5. The lowest BCUT2D eigenvalue weighted by Crippen LogP contribution is -2.45. The molecule has 30 heavy (non-hydrogen) atoms. The molecule has 1 saturated heterocycles. The quantitative estimate of drug-likeness (QED) is 0.683. The molecule has 0 atom stereocenters. The van der Waals surface area contributed by atoms with Crippen LogP contribution in [0.5, 0.6) is 11.6 Å². The minimum atomic E-state index is -0.206. The summed E-state index contributed by atoms with van der Waals surface area (Å²) < 4.78 is 5.83. The van der Waals surface area contributed by atoms with Crippen LogP contribution in [-0.2, 0) is 6.54 Å². The number of carbonyl (C=O) groups is 1. The highest BCUT2D eigenvalue weighted by Gasteiger charge is 2.18. The van der Waals surface area contributed by atoms with E-state index in [2.05, 4.69) is 39.3 Å². The molecule has 4 rings (SSSR count). The summed E-state index contributed by atoms with van der Waals surface area (Å²) in [6.07, 6.45) is 1.62. The van der Waals surface area contributed by atoms with Crippen LogP contribution in [0.4, 0.5) is 5.69 Å². The van der Waals surface area contributed by atoms with Crippen LogP contribution in [0.15, 0.2) is 72.9 Å². The van der Waals surface area contributed by atoms with E-state index in [1.807, 2.05) is 42.5 Å². The van der Waals surface area contributed by atoms with Crippen molar-refractivity contribution in [3.05, 3.63) is 84.1 Å². The molecule has 1 aromatic heterocycles. The molecule has 1 aliphatic rings. The minimum absolute atomic E-state index is 0.206. The van der Waals surface area contributed by atoms with E-state index in [-0.39, 0.29) is 5.91 Å². The zero-order chi connectivity index (χ0) is 20.8.